The van der Waals surface area contributed by atoms with Crippen LogP contribution in [0.5, 0.6) is 0 Å². The first kappa shape index (κ1) is 15.6. The average molecular weight is 351 g/mol. The molecule has 0 saturated carbocycles. The van der Waals surface area contributed by atoms with Gasteiger partial charge in [0.05, 0.1) is 12.2 Å². The Bertz CT molecular complexity index is 1100. The van der Waals surface area contributed by atoms with E-state index in [-0.39, 0.29) is 5.56 Å². The summed E-state index contributed by atoms with van der Waals surface area (Å²) in [6.07, 6.45) is 5.32. The SMILES string of the molecule is Cc1cc(=O)n2cc(-c3ccc(Cl)cc3)nc2n1Cc1cccnc1. The molecule has 0 spiro atoms. The van der Waals surface area contributed by atoms with Gasteiger partial charge in [0.1, 0.15) is 0 Å². The van der Waals surface area contributed by atoms with Gasteiger partial charge in [0.2, 0.25) is 5.78 Å². The van der Waals surface area contributed by atoms with Crippen molar-refractivity contribution in [3.05, 3.63) is 87.7 Å². The zero-order valence-corrected chi connectivity index (χ0v) is 14.3. The molecule has 1 aromatic carbocycles. The second-order valence-electron chi connectivity index (χ2n) is 5.87. The van der Waals surface area contributed by atoms with Gasteiger partial charge in [-0.15, -0.1) is 0 Å². The number of hydrogen-bond donors (Lipinski definition) is 0. The lowest BCUT2D eigenvalue weighted by Crippen LogP contribution is -2.19. The van der Waals surface area contributed by atoms with Crippen molar-refractivity contribution in [2.45, 2.75) is 13.5 Å². The first-order valence-corrected chi connectivity index (χ1v) is 8.24. The summed E-state index contributed by atoms with van der Waals surface area (Å²) in [5, 5.41) is 0.666. The van der Waals surface area contributed by atoms with Gasteiger partial charge < -0.3 is 4.57 Å². The molecular formula is C19H15ClN4O. The predicted octanol–water partition coefficient (Wildman–Crippen LogP) is 3.57. The molecule has 0 radical (unpaired) electrons. The van der Waals surface area contributed by atoms with E-state index in [1.165, 1.54) is 0 Å². The van der Waals surface area contributed by atoms with Crippen molar-refractivity contribution >= 4 is 17.4 Å². The largest absolute Gasteiger partial charge is 0.311 e. The van der Waals surface area contributed by atoms with E-state index in [9.17, 15) is 4.79 Å². The smallest absolute Gasteiger partial charge is 0.259 e. The molecule has 0 fully saturated rings. The molecule has 3 aromatic heterocycles. The molecule has 3 heterocycles. The van der Waals surface area contributed by atoms with Gasteiger partial charge in [0, 0.05) is 40.9 Å². The Balaban J connectivity index is 1.88. The standard InChI is InChI=1S/C19H15ClN4O/c1-13-9-18(25)24-12-17(15-4-6-16(20)7-5-15)22-19(24)23(13)11-14-3-2-8-21-10-14/h2-10,12H,11H2,1H3. The van der Waals surface area contributed by atoms with Crippen LogP contribution in [0.2, 0.25) is 5.02 Å². The molecule has 4 aromatic rings. The molecule has 124 valence electrons. The van der Waals surface area contributed by atoms with E-state index in [1.54, 1.807) is 22.9 Å². The fraction of sp³-hybridized carbons (Fsp3) is 0.105. The second kappa shape index (κ2) is 6.18. The molecule has 0 aliphatic heterocycles. The minimum Gasteiger partial charge on any atom is -0.311 e. The summed E-state index contributed by atoms with van der Waals surface area (Å²) in [6, 6.07) is 12.9. The van der Waals surface area contributed by atoms with E-state index in [2.05, 4.69) is 4.98 Å². The van der Waals surface area contributed by atoms with Crippen LogP contribution in [0, 0.1) is 6.92 Å². The lowest BCUT2D eigenvalue weighted by Gasteiger charge is -2.11. The molecule has 0 bridgehead atoms. The highest BCUT2D eigenvalue weighted by atomic mass is 35.5. The van der Waals surface area contributed by atoms with Crippen molar-refractivity contribution in [2.24, 2.45) is 0 Å². The molecule has 0 N–H and O–H groups in total. The maximum atomic E-state index is 12.4. The third-order valence-corrected chi connectivity index (χ3v) is 4.38. The maximum Gasteiger partial charge on any atom is 0.259 e. The minimum absolute atomic E-state index is 0.0948. The second-order valence-corrected chi connectivity index (χ2v) is 6.31. The Hall–Kier alpha value is -2.92. The highest BCUT2D eigenvalue weighted by Gasteiger charge is 2.12. The molecule has 0 unspecified atom stereocenters. The Morgan fingerprint density at radius 2 is 1.96 bits per heavy atom. The van der Waals surface area contributed by atoms with Crippen molar-refractivity contribution in [2.75, 3.05) is 0 Å². The Labute approximate surface area is 149 Å². The number of imidazole rings is 1. The zero-order chi connectivity index (χ0) is 17.4. The van der Waals surface area contributed by atoms with Crippen molar-refractivity contribution < 1.29 is 0 Å². The number of rotatable bonds is 3. The van der Waals surface area contributed by atoms with Crippen molar-refractivity contribution in [1.82, 2.24) is 18.9 Å². The summed E-state index contributed by atoms with van der Waals surface area (Å²) < 4.78 is 3.59. The van der Waals surface area contributed by atoms with Crippen molar-refractivity contribution in [3.63, 3.8) is 0 Å². The summed E-state index contributed by atoms with van der Waals surface area (Å²) in [6.45, 7) is 2.51. The monoisotopic (exact) mass is 350 g/mol. The van der Waals surface area contributed by atoms with Crippen LogP contribution >= 0.6 is 11.6 Å². The van der Waals surface area contributed by atoms with Gasteiger partial charge >= 0.3 is 0 Å². The molecule has 0 atom stereocenters. The van der Waals surface area contributed by atoms with Gasteiger partial charge in [-0.05, 0) is 30.7 Å². The van der Waals surface area contributed by atoms with E-state index in [1.807, 2.05) is 54.1 Å². The fourth-order valence-electron chi connectivity index (χ4n) is 2.84. The van der Waals surface area contributed by atoms with Crippen LogP contribution in [0.15, 0.2) is 65.8 Å². The molecule has 0 aliphatic carbocycles. The van der Waals surface area contributed by atoms with Crippen LogP contribution in [0.4, 0.5) is 0 Å². The molecule has 6 heteroatoms. The van der Waals surface area contributed by atoms with E-state index in [0.717, 1.165) is 22.5 Å². The number of aryl methyl sites for hydroxylation is 1. The first-order valence-electron chi connectivity index (χ1n) is 7.86. The van der Waals surface area contributed by atoms with Gasteiger partial charge in [-0.3, -0.25) is 14.2 Å². The molecule has 5 nitrogen and oxygen atoms in total. The minimum atomic E-state index is -0.0948. The topological polar surface area (TPSA) is 52.2 Å². The van der Waals surface area contributed by atoms with Gasteiger partial charge in [-0.2, -0.15) is 0 Å². The number of benzene rings is 1. The molecular weight excluding hydrogens is 336 g/mol. The van der Waals surface area contributed by atoms with E-state index < -0.39 is 0 Å². The average Bonchev–Trinajstić information content (AvgIpc) is 3.06. The molecule has 0 aliphatic rings. The van der Waals surface area contributed by atoms with Crippen LogP contribution in [-0.2, 0) is 6.54 Å². The summed E-state index contributed by atoms with van der Waals surface area (Å²) in [5.74, 6) is 0.610. The van der Waals surface area contributed by atoms with Gasteiger partial charge in [-0.25, -0.2) is 4.98 Å². The number of hydrogen-bond acceptors (Lipinski definition) is 3. The summed E-state index contributed by atoms with van der Waals surface area (Å²) in [5.41, 5.74) is 3.46. The van der Waals surface area contributed by atoms with E-state index in [4.69, 9.17) is 16.6 Å². The maximum absolute atomic E-state index is 12.4. The molecule has 0 amide bonds. The fourth-order valence-corrected chi connectivity index (χ4v) is 2.96. The quantitative estimate of drug-likeness (QED) is 0.567. The van der Waals surface area contributed by atoms with Gasteiger partial charge in [0.25, 0.3) is 5.56 Å². The summed E-state index contributed by atoms with van der Waals surface area (Å²) in [4.78, 5) is 21.2. The van der Waals surface area contributed by atoms with Crippen LogP contribution in [-0.4, -0.2) is 18.9 Å². The van der Waals surface area contributed by atoms with E-state index in [0.29, 0.717) is 17.3 Å². The number of fused-ring (bicyclic) bond motifs is 1. The number of aromatic nitrogens is 4. The lowest BCUT2D eigenvalue weighted by molar-refractivity contribution is 0.746. The summed E-state index contributed by atoms with van der Waals surface area (Å²) >= 11 is 5.95. The Morgan fingerprint density at radius 3 is 2.68 bits per heavy atom. The highest BCUT2D eigenvalue weighted by Crippen LogP contribution is 2.21. The molecule has 4 rings (SSSR count). The number of pyridine rings is 1. The predicted molar refractivity (Wildman–Crippen MR) is 98.0 cm³/mol. The van der Waals surface area contributed by atoms with Gasteiger partial charge in [-0.1, -0.05) is 29.8 Å². The molecule has 25 heavy (non-hydrogen) atoms. The van der Waals surface area contributed by atoms with Crippen LogP contribution in [0.1, 0.15) is 11.3 Å². The van der Waals surface area contributed by atoms with Gasteiger partial charge in [0.15, 0.2) is 0 Å². The highest BCUT2D eigenvalue weighted by molar-refractivity contribution is 6.30. The zero-order valence-electron chi connectivity index (χ0n) is 13.6. The number of halogens is 1. The Morgan fingerprint density at radius 1 is 1.16 bits per heavy atom. The lowest BCUT2D eigenvalue weighted by atomic mass is 10.2. The van der Waals surface area contributed by atoms with E-state index >= 15 is 0 Å². The number of nitrogens with zero attached hydrogens (tertiary/aromatic N) is 4. The summed E-state index contributed by atoms with van der Waals surface area (Å²) in [7, 11) is 0. The first-order chi connectivity index (χ1) is 12.1. The van der Waals surface area contributed by atoms with Crippen molar-refractivity contribution in [3.8, 4) is 11.3 Å². The van der Waals surface area contributed by atoms with Crippen LogP contribution in [0.25, 0.3) is 17.0 Å². The van der Waals surface area contributed by atoms with Crippen molar-refractivity contribution in [1.29, 1.82) is 0 Å². The normalized spacial score (nSPS) is 11.1. The third kappa shape index (κ3) is 2.94. The van der Waals surface area contributed by atoms with Crippen LogP contribution < -0.4 is 5.56 Å². The Kier molecular flexibility index (Phi) is 3.86. The third-order valence-electron chi connectivity index (χ3n) is 4.13. The van der Waals surface area contributed by atoms with Crippen LogP contribution in [0.3, 0.4) is 0 Å². The molecule has 0 saturated heterocycles.